The zero-order valence-electron chi connectivity index (χ0n) is 10.5. The summed E-state index contributed by atoms with van der Waals surface area (Å²) in [4.78, 5) is 0. The van der Waals surface area contributed by atoms with Gasteiger partial charge in [0.1, 0.15) is 0 Å². The zero-order valence-corrected chi connectivity index (χ0v) is 11.3. The molecule has 2 rings (SSSR count). The van der Waals surface area contributed by atoms with Crippen LogP contribution in [0.5, 0.6) is 0 Å². The highest BCUT2D eigenvalue weighted by molar-refractivity contribution is 5.85. The summed E-state index contributed by atoms with van der Waals surface area (Å²) in [5.41, 5.74) is 6.11. The van der Waals surface area contributed by atoms with E-state index in [1.807, 2.05) is 0 Å². The van der Waals surface area contributed by atoms with Crippen LogP contribution < -0.4 is 11.1 Å². The summed E-state index contributed by atoms with van der Waals surface area (Å²) in [6.07, 6.45) is 9.97. The molecule has 96 valence electrons. The molecule has 1 atom stereocenters. The third-order valence-corrected chi connectivity index (χ3v) is 4.46. The minimum absolute atomic E-state index is 0. The Kier molecular flexibility index (Phi) is 5.55. The van der Waals surface area contributed by atoms with Gasteiger partial charge in [-0.15, -0.1) is 12.4 Å². The van der Waals surface area contributed by atoms with E-state index in [1.165, 1.54) is 51.5 Å². The maximum absolute atomic E-state index is 5.88. The zero-order chi connectivity index (χ0) is 10.7. The Bertz CT molecular complexity index is 200. The van der Waals surface area contributed by atoms with Gasteiger partial charge < -0.3 is 11.1 Å². The minimum Gasteiger partial charge on any atom is -0.329 e. The Balaban J connectivity index is 0.00000128. The first kappa shape index (κ1) is 14.3. The summed E-state index contributed by atoms with van der Waals surface area (Å²) in [5.74, 6) is 1.85. The molecule has 0 aromatic rings. The molecule has 0 bridgehead atoms. The van der Waals surface area contributed by atoms with Gasteiger partial charge in [-0.25, -0.2) is 0 Å². The monoisotopic (exact) mass is 246 g/mol. The van der Waals surface area contributed by atoms with Crippen molar-refractivity contribution in [2.75, 3.05) is 13.1 Å². The third-order valence-electron chi connectivity index (χ3n) is 4.46. The Morgan fingerprint density at radius 3 is 2.31 bits per heavy atom. The first-order chi connectivity index (χ1) is 7.24. The van der Waals surface area contributed by atoms with Gasteiger partial charge in [0, 0.05) is 12.1 Å². The summed E-state index contributed by atoms with van der Waals surface area (Å²) >= 11 is 0. The molecule has 2 saturated carbocycles. The number of halogens is 1. The first-order valence-electron chi connectivity index (χ1n) is 6.70. The van der Waals surface area contributed by atoms with Gasteiger partial charge in [0.15, 0.2) is 0 Å². The molecule has 0 aliphatic heterocycles. The average molecular weight is 247 g/mol. The molecule has 0 spiro atoms. The third kappa shape index (κ3) is 3.61. The molecule has 2 aliphatic rings. The first-order valence-corrected chi connectivity index (χ1v) is 6.70. The largest absolute Gasteiger partial charge is 0.329 e. The van der Waals surface area contributed by atoms with E-state index in [2.05, 4.69) is 12.2 Å². The SMILES string of the molecule is CC(CN)(NCCC1CCCC1)C1CC1.Cl. The molecule has 0 aromatic heterocycles. The summed E-state index contributed by atoms with van der Waals surface area (Å²) in [6, 6.07) is 0. The van der Waals surface area contributed by atoms with E-state index in [-0.39, 0.29) is 17.9 Å². The van der Waals surface area contributed by atoms with Crippen molar-refractivity contribution in [2.24, 2.45) is 17.6 Å². The molecular weight excluding hydrogens is 220 g/mol. The number of nitrogens with two attached hydrogens (primary N) is 1. The lowest BCUT2D eigenvalue weighted by molar-refractivity contribution is 0.306. The Hall–Kier alpha value is 0.210. The molecule has 0 amide bonds. The Morgan fingerprint density at radius 2 is 1.81 bits per heavy atom. The van der Waals surface area contributed by atoms with Crippen LogP contribution in [0.15, 0.2) is 0 Å². The molecule has 3 heteroatoms. The van der Waals surface area contributed by atoms with Crippen molar-refractivity contribution in [2.45, 2.75) is 57.4 Å². The van der Waals surface area contributed by atoms with Crippen molar-refractivity contribution >= 4 is 12.4 Å². The number of rotatable bonds is 6. The van der Waals surface area contributed by atoms with Crippen LogP contribution in [0, 0.1) is 11.8 Å². The lowest BCUT2D eigenvalue weighted by Gasteiger charge is -2.30. The van der Waals surface area contributed by atoms with Crippen LogP contribution in [0.1, 0.15) is 51.9 Å². The van der Waals surface area contributed by atoms with E-state index in [0.717, 1.165) is 18.4 Å². The fourth-order valence-corrected chi connectivity index (χ4v) is 2.96. The highest BCUT2D eigenvalue weighted by Crippen LogP contribution is 2.39. The van der Waals surface area contributed by atoms with Crippen molar-refractivity contribution in [3.05, 3.63) is 0 Å². The maximum Gasteiger partial charge on any atom is 0.0303 e. The summed E-state index contributed by atoms with van der Waals surface area (Å²) in [6.45, 7) is 4.27. The van der Waals surface area contributed by atoms with Crippen molar-refractivity contribution < 1.29 is 0 Å². The lowest BCUT2D eigenvalue weighted by Crippen LogP contribution is -2.51. The van der Waals surface area contributed by atoms with Crippen LogP contribution in [0.4, 0.5) is 0 Å². The molecule has 2 nitrogen and oxygen atoms in total. The van der Waals surface area contributed by atoms with Crippen LogP contribution in [0.3, 0.4) is 0 Å². The molecule has 2 fully saturated rings. The second-order valence-electron chi connectivity index (χ2n) is 5.76. The van der Waals surface area contributed by atoms with Gasteiger partial charge in [-0.1, -0.05) is 25.7 Å². The lowest BCUT2D eigenvalue weighted by atomic mass is 9.95. The molecule has 0 aromatic carbocycles. The topological polar surface area (TPSA) is 38.0 Å². The van der Waals surface area contributed by atoms with Crippen molar-refractivity contribution in [1.29, 1.82) is 0 Å². The molecule has 0 heterocycles. The fourth-order valence-electron chi connectivity index (χ4n) is 2.96. The van der Waals surface area contributed by atoms with Crippen molar-refractivity contribution in [1.82, 2.24) is 5.32 Å². The van der Waals surface area contributed by atoms with E-state index >= 15 is 0 Å². The molecule has 0 saturated heterocycles. The van der Waals surface area contributed by atoms with Crippen molar-refractivity contribution in [3.63, 3.8) is 0 Å². The maximum atomic E-state index is 5.88. The van der Waals surface area contributed by atoms with Gasteiger partial charge in [-0.05, 0) is 44.6 Å². The Morgan fingerprint density at radius 1 is 1.19 bits per heavy atom. The van der Waals surface area contributed by atoms with Crippen LogP contribution in [-0.2, 0) is 0 Å². The van der Waals surface area contributed by atoms with Crippen LogP contribution >= 0.6 is 12.4 Å². The highest BCUT2D eigenvalue weighted by atomic mass is 35.5. The highest BCUT2D eigenvalue weighted by Gasteiger charge is 2.39. The summed E-state index contributed by atoms with van der Waals surface area (Å²) in [7, 11) is 0. The van der Waals surface area contributed by atoms with E-state index in [4.69, 9.17) is 5.73 Å². The van der Waals surface area contributed by atoms with Crippen LogP contribution in [0.2, 0.25) is 0 Å². The van der Waals surface area contributed by atoms with Gasteiger partial charge in [0.2, 0.25) is 0 Å². The van der Waals surface area contributed by atoms with E-state index in [0.29, 0.717) is 0 Å². The van der Waals surface area contributed by atoms with Gasteiger partial charge in [-0.2, -0.15) is 0 Å². The minimum atomic E-state index is 0. The van der Waals surface area contributed by atoms with Gasteiger partial charge in [0.25, 0.3) is 0 Å². The second-order valence-corrected chi connectivity index (χ2v) is 5.76. The van der Waals surface area contributed by atoms with E-state index < -0.39 is 0 Å². The van der Waals surface area contributed by atoms with Gasteiger partial charge >= 0.3 is 0 Å². The fraction of sp³-hybridized carbons (Fsp3) is 1.00. The van der Waals surface area contributed by atoms with Gasteiger partial charge in [0.05, 0.1) is 0 Å². The average Bonchev–Trinajstić information content (AvgIpc) is 2.98. The van der Waals surface area contributed by atoms with Crippen LogP contribution in [0.25, 0.3) is 0 Å². The number of nitrogens with one attached hydrogen (secondary N) is 1. The standard InChI is InChI=1S/C13H26N2.ClH/c1-13(10-14,12-6-7-12)15-9-8-11-4-2-3-5-11;/h11-12,15H,2-10,14H2,1H3;1H. The smallest absolute Gasteiger partial charge is 0.0303 e. The predicted molar refractivity (Wildman–Crippen MR) is 72.0 cm³/mol. The normalized spacial score (nSPS) is 25.1. The van der Waals surface area contributed by atoms with Crippen LogP contribution in [-0.4, -0.2) is 18.6 Å². The second kappa shape index (κ2) is 6.23. The van der Waals surface area contributed by atoms with E-state index in [9.17, 15) is 0 Å². The predicted octanol–water partition coefficient (Wildman–Crippen LogP) is 2.71. The quantitative estimate of drug-likeness (QED) is 0.756. The summed E-state index contributed by atoms with van der Waals surface area (Å²) in [5, 5.41) is 3.71. The molecule has 0 radical (unpaired) electrons. The van der Waals surface area contributed by atoms with Gasteiger partial charge in [-0.3, -0.25) is 0 Å². The molecule has 16 heavy (non-hydrogen) atoms. The van der Waals surface area contributed by atoms with Crippen molar-refractivity contribution in [3.8, 4) is 0 Å². The Labute approximate surface area is 106 Å². The molecule has 2 aliphatic carbocycles. The van der Waals surface area contributed by atoms with E-state index in [1.54, 1.807) is 0 Å². The molecular formula is C13H27ClN2. The summed E-state index contributed by atoms with van der Waals surface area (Å²) < 4.78 is 0. The molecule has 3 N–H and O–H groups in total. The molecule has 1 unspecified atom stereocenters. The number of hydrogen-bond acceptors (Lipinski definition) is 2. The number of hydrogen-bond donors (Lipinski definition) is 2.